The van der Waals surface area contributed by atoms with Crippen molar-refractivity contribution in [3.05, 3.63) is 0 Å². The molecule has 1 rings (SSSR count). The third-order valence-electron chi connectivity index (χ3n) is 2.52. The van der Waals surface area contributed by atoms with Gasteiger partial charge >= 0.3 is 0 Å². The monoisotopic (exact) mass is 220 g/mol. The van der Waals surface area contributed by atoms with E-state index in [-0.39, 0.29) is 11.3 Å². The first kappa shape index (κ1) is 11.9. The Labute approximate surface area is 86.5 Å². The van der Waals surface area contributed by atoms with Gasteiger partial charge in [0.25, 0.3) is 0 Å². The maximum atomic E-state index is 11.6. The summed E-state index contributed by atoms with van der Waals surface area (Å²) >= 11 is 0. The van der Waals surface area contributed by atoms with Gasteiger partial charge < -0.3 is 5.32 Å². The van der Waals surface area contributed by atoms with Crippen LogP contribution in [-0.4, -0.2) is 32.8 Å². The molecule has 0 spiro atoms. The molecule has 0 radical (unpaired) electrons. The summed E-state index contributed by atoms with van der Waals surface area (Å²) in [7, 11) is -3.11. The standard InChI is InChI=1S/C9H20N2O2S/c1-7(2)14(12,13)11-9-4-8(3)5-10-6-9/h7-11H,4-6H2,1-3H3. The highest BCUT2D eigenvalue weighted by atomic mass is 32.2. The quantitative estimate of drug-likeness (QED) is 0.720. The normalized spacial score (nSPS) is 29.4. The number of nitrogens with one attached hydrogen (secondary N) is 2. The Bertz CT molecular complexity index is 275. The average molecular weight is 220 g/mol. The maximum absolute atomic E-state index is 11.6. The van der Waals surface area contributed by atoms with Gasteiger partial charge in [-0.1, -0.05) is 6.92 Å². The number of sulfonamides is 1. The molecule has 1 heterocycles. The van der Waals surface area contributed by atoms with Crippen LogP contribution in [0, 0.1) is 5.92 Å². The van der Waals surface area contributed by atoms with E-state index in [4.69, 9.17) is 0 Å². The fourth-order valence-corrected chi connectivity index (χ4v) is 2.53. The van der Waals surface area contributed by atoms with E-state index in [9.17, 15) is 8.42 Å². The molecule has 1 aliphatic heterocycles. The van der Waals surface area contributed by atoms with Gasteiger partial charge in [-0.2, -0.15) is 0 Å². The smallest absolute Gasteiger partial charge is 0.214 e. The molecule has 0 amide bonds. The van der Waals surface area contributed by atoms with Gasteiger partial charge in [-0.3, -0.25) is 0 Å². The summed E-state index contributed by atoms with van der Waals surface area (Å²) in [5, 5.41) is 2.87. The molecule has 14 heavy (non-hydrogen) atoms. The van der Waals surface area contributed by atoms with Crippen LogP contribution in [0.2, 0.25) is 0 Å². The lowest BCUT2D eigenvalue weighted by Crippen LogP contribution is -2.49. The van der Waals surface area contributed by atoms with Gasteiger partial charge in [0.15, 0.2) is 0 Å². The molecule has 2 unspecified atom stereocenters. The molecule has 0 aromatic heterocycles. The van der Waals surface area contributed by atoms with Crippen LogP contribution in [0.1, 0.15) is 27.2 Å². The van der Waals surface area contributed by atoms with E-state index >= 15 is 0 Å². The number of rotatable bonds is 3. The Morgan fingerprint density at radius 1 is 1.36 bits per heavy atom. The number of hydrogen-bond donors (Lipinski definition) is 2. The second-order valence-corrected chi connectivity index (χ2v) is 6.68. The molecule has 5 heteroatoms. The summed E-state index contributed by atoms with van der Waals surface area (Å²) in [4.78, 5) is 0. The van der Waals surface area contributed by atoms with Crippen LogP contribution in [0.3, 0.4) is 0 Å². The zero-order valence-corrected chi connectivity index (χ0v) is 9.89. The minimum absolute atomic E-state index is 0.0612. The first-order valence-electron chi connectivity index (χ1n) is 5.13. The highest BCUT2D eigenvalue weighted by Gasteiger charge is 2.24. The van der Waals surface area contributed by atoms with Gasteiger partial charge in [0.1, 0.15) is 0 Å². The van der Waals surface area contributed by atoms with Crippen molar-refractivity contribution in [1.82, 2.24) is 10.0 Å². The lowest BCUT2D eigenvalue weighted by Gasteiger charge is -2.28. The largest absolute Gasteiger partial charge is 0.315 e. The molecule has 1 saturated heterocycles. The third-order valence-corrected chi connectivity index (χ3v) is 4.43. The number of hydrogen-bond acceptors (Lipinski definition) is 3. The van der Waals surface area contributed by atoms with E-state index in [0.717, 1.165) is 19.5 Å². The molecule has 0 bridgehead atoms. The van der Waals surface area contributed by atoms with Crippen LogP contribution >= 0.6 is 0 Å². The van der Waals surface area contributed by atoms with Crippen molar-refractivity contribution < 1.29 is 8.42 Å². The second-order valence-electron chi connectivity index (χ2n) is 4.41. The molecule has 84 valence electrons. The summed E-state index contributed by atoms with van der Waals surface area (Å²) in [6.07, 6.45) is 0.930. The molecular weight excluding hydrogens is 200 g/mol. The Hall–Kier alpha value is -0.130. The first-order chi connectivity index (χ1) is 6.42. The molecule has 4 nitrogen and oxygen atoms in total. The fourth-order valence-electron chi connectivity index (χ4n) is 1.61. The SMILES string of the molecule is CC1CNCC(NS(=O)(=O)C(C)C)C1. The van der Waals surface area contributed by atoms with Gasteiger partial charge in [-0.25, -0.2) is 13.1 Å². The maximum Gasteiger partial charge on any atom is 0.214 e. The molecule has 0 aromatic rings. The van der Waals surface area contributed by atoms with Crippen molar-refractivity contribution in [2.45, 2.75) is 38.5 Å². The summed E-state index contributed by atoms with van der Waals surface area (Å²) < 4.78 is 25.9. The van der Waals surface area contributed by atoms with Gasteiger partial charge in [0, 0.05) is 12.6 Å². The van der Waals surface area contributed by atoms with E-state index in [0.29, 0.717) is 5.92 Å². The van der Waals surface area contributed by atoms with E-state index in [1.807, 2.05) is 0 Å². The van der Waals surface area contributed by atoms with Crippen LogP contribution in [0.4, 0.5) is 0 Å². The van der Waals surface area contributed by atoms with Crippen LogP contribution in [0.25, 0.3) is 0 Å². The van der Waals surface area contributed by atoms with Crippen molar-refractivity contribution in [3.63, 3.8) is 0 Å². The Morgan fingerprint density at radius 3 is 2.50 bits per heavy atom. The fraction of sp³-hybridized carbons (Fsp3) is 1.00. The molecular formula is C9H20N2O2S. The highest BCUT2D eigenvalue weighted by Crippen LogP contribution is 2.11. The lowest BCUT2D eigenvalue weighted by molar-refractivity contribution is 0.345. The Balaban J connectivity index is 2.52. The van der Waals surface area contributed by atoms with E-state index in [2.05, 4.69) is 17.0 Å². The van der Waals surface area contributed by atoms with Crippen LogP contribution in [-0.2, 0) is 10.0 Å². The van der Waals surface area contributed by atoms with Crippen LogP contribution < -0.4 is 10.0 Å². The molecule has 0 aliphatic carbocycles. The average Bonchev–Trinajstić information content (AvgIpc) is 2.02. The summed E-state index contributed by atoms with van der Waals surface area (Å²) in [6.45, 7) is 7.25. The molecule has 2 atom stereocenters. The molecule has 0 aromatic carbocycles. The molecule has 1 fully saturated rings. The van der Waals surface area contributed by atoms with Crippen LogP contribution in [0.5, 0.6) is 0 Å². The minimum atomic E-state index is -3.11. The van der Waals surface area contributed by atoms with Crippen molar-refractivity contribution >= 4 is 10.0 Å². The number of piperidine rings is 1. The molecule has 2 N–H and O–H groups in total. The zero-order valence-electron chi connectivity index (χ0n) is 9.08. The van der Waals surface area contributed by atoms with Crippen molar-refractivity contribution in [1.29, 1.82) is 0 Å². The van der Waals surface area contributed by atoms with E-state index < -0.39 is 10.0 Å². The van der Waals surface area contributed by atoms with Gasteiger partial charge in [-0.15, -0.1) is 0 Å². The second kappa shape index (κ2) is 4.59. The Kier molecular flexibility index (Phi) is 3.92. The minimum Gasteiger partial charge on any atom is -0.315 e. The van der Waals surface area contributed by atoms with E-state index in [1.165, 1.54) is 0 Å². The predicted molar refractivity (Wildman–Crippen MR) is 57.6 cm³/mol. The first-order valence-corrected chi connectivity index (χ1v) is 6.68. The summed E-state index contributed by atoms with van der Waals surface area (Å²) in [5.74, 6) is 0.545. The van der Waals surface area contributed by atoms with Gasteiger partial charge in [0.05, 0.1) is 5.25 Å². The Morgan fingerprint density at radius 2 is 2.00 bits per heavy atom. The third kappa shape index (κ3) is 3.22. The predicted octanol–water partition coefficient (Wildman–Crippen LogP) is 0.312. The topological polar surface area (TPSA) is 58.2 Å². The van der Waals surface area contributed by atoms with Crippen molar-refractivity contribution in [2.75, 3.05) is 13.1 Å². The van der Waals surface area contributed by atoms with Gasteiger partial charge in [0.2, 0.25) is 10.0 Å². The van der Waals surface area contributed by atoms with Crippen LogP contribution in [0.15, 0.2) is 0 Å². The summed E-state index contributed by atoms with van der Waals surface area (Å²) in [6, 6.07) is 0.0612. The molecule has 1 aliphatic rings. The van der Waals surface area contributed by atoms with Crippen molar-refractivity contribution in [2.24, 2.45) is 5.92 Å². The summed E-state index contributed by atoms with van der Waals surface area (Å²) in [5.41, 5.74) is 0. The van der Waals surface area contributed by atoms with E-state index in [1.54, 1.807) is 13.8 Å². The molecule has 0 saturated carbocycles. The highest BCUT2D eigenvalue weighted by molar-refractivity contribution is 7.90. The zero-order chi connectivity index (χ0) is 10.8. The van der Waals surface area contributed by atoms with Gasteiger partial charge in [-0.05, 0) is 32.7 Å². The van der Waals surface area contributed by atoms with Crippen molar-refractivity contribution in [3.8, 4) is 0 Å². The lowest BCUT2D eigenvalue weighted by atomic mass is 9.99.